The molecule has 2 aromatic carbocycles. The predicted octanol–water partition coefficient (Wildman–Crippen LogP) is 3.73. The van der Waals surface area contributed by atoms with Gasteiger partial charge in [0.1, 0.15) is 11.6 Å². The monoisotopic (exact) mass is 413 g/mol. The molecule has 0 aromatic heterocycles. The van der Waals surface area contributed by atoms with Gasteiger partial charge in [0.25, 0.3) is 0 Å². The third-order valence-corrected chi connectivity index (χ3v) is 7.17. The lowest BCUT2D eigenvalue weighted by atomic mass is 9.99. The number of halogens is 2. The van der Waals surface area contributed by atoms with Crippen LogP contribution in [0.2, 0.25) is 0 Å². The Morgan fingerprint density at radius 2 is 1.67 bits per heavy atom. The van der Waals surface area contributed by atoms with Crippen molar-refractivity contribution >= 4 is 21.8 Å². The molecule has 1 aliphatic heterocycles. The van der Waals surface area contributed by atoms with E-state index in [1.54, 1.807) is 11.8 Å². The van der Waals surface area contributed by atoms with Crippen LogP contribution in [0.25, 0.3) is 0 Å². The Balaban J connectivity index is 1.70. The van der Waals surface area contributed by atoms with E-state index in [0.29, 0.717) is 26.1 Å². The zero-order valence-corrected chi connectivity index (χ0v) is 16.3. The van der Waals surface area contributed by atoms with Crippen LogP contribution < -0.4 is 4.72 Å². The van der Waals surface area contributed by atoms with Crippen molar-refractivity contribution in [1.82, 2.24) is 4.72 Å². The Morgan fingerprint density at radius 3 is 2.30 bits per heavy atom. The molecule has 27 heavy (non-hydrogen) atoms. The molecule has 2 aromatic rings. The molecule has 3 rings (SSSR count). The number of hydrogen-bond acceptors (Lipinski definition) is 4. The zero-order valence-electron chi connectivity index (χ0n) is 14.7. The van der Waals surface area contributed by atoms with E-state index in [9.17, 15) is 17.2 Å². The molecule has 0 bridgehead atoms. The first-order valence-electron chi connectivity index (χ1n) is 8.60. The van der Waals surface area contributed by atoms with Gasteiger partial charge < -0.3 is 4.74 Å². The second-order valence-electron chi connectivity index (χ2n) is 6.57. The number of thioether (sulfide) groups is 1. The lowest BCUT2D eigenvalue weighted by Crippen LogP contribution is -2.44. The number of nitrogens with one attached hydrogen (secondary N) is 1. The third kappa shape index (κ3) is 6.00. The van der Waals surface area contributed by atoms with E-state index in [-0.39, 0.29) is 16.9 Å². The van der Waals surface area contributed by atoms with Crippen molar-refractivity contribution in [3.05, 3.63) is 65.7 Å². The Bertz CT molecular complexity index is 850. The van der Waals surface area contributed by atoms with Crippen LogP contribution in [0.15, 0.2) is 53.4 Å². The van der Waals surface area contributed by atoms with E-state index in [0.717, 1.165) is 23.1 Å². The third-order valence-electron chi connectivity index (χ3n) is 4.37. The van der Waals surface area contributed by atoms with Gasteiger partial charge >= 0.3 is 0 Å². The van der Waals surface area contributed by atoms with Crippen LogP contribution in [0.1, 0.15) is 18.4 Å². The highest BCUT2D eigenvalue weighted by Crippen LogP contribution is 2.40. The molecule has 0 saturated carbocycles. The summed E-state index contributed by atoms with van der Waals surface area (Å²) in [6.07, 6.45) is 1.42. The fourth-order valence-corrected chi connectivity index (χ4v) is 5.61. The quantitative estimate of drug-likeness (QED) is 0.752. The number of sulfonamides is 1. The molecular formula is C19H21F2NO3S2. The van der Waals surface area contributed by atoms with Crippen LogP contribution in [-0.4, -0.2) is 32.9 Å². The van der Waals surface area contributed by atoms with Crippen molar-refractivity contribution in [2.24, 2.45) is 0 Å². The van der Waals surface area contributed by atoms with Crippen LogP contribution in [-0.2, 0) is 20.5 Å². The predicted molar refractivity (Wildman–Crippen MR) is 102 cm³/mol. The summed E-state index contributed by atoms with van der Waals surface area (Å²) in [6.45, 7) is 1.36. The lowest BCUT2D eigenvalue weighted by molar-refractivity contribution is 0.0784. The van der Waals surface area contributed by atoms with Crippen molar-refractivity contribution in [1.29, 1.82) is 0 Å². The first-order valence-corrected chi connectivity index (χ1v) is 11.1. The summed E-state index contributed by atoms with van der Waals surface area (Å²) >= 11 is 1.64. The van der Waals surface area contributed by atoms with Crippen LogP contribution in [0.3, 0.4) is 0 Å². The minimum Gasteiger partial charge on any atom is -0.381 e. The summed E-state index contributed by atoms with van der Waals surface area (Å²) in [5.41, 5.74) is 0.0803. The Hall–Kier alpha value is -1.48. The van der Waals surface area contributed by atoms with E-state index >= 15 is 0 Å². The fourth-order valence-electron chi connectivity index (χ4n) is 3.00. The molecule has 0 aliphatic carbocycles. The molecule has 1 aliphatic rings. The van der Waals surface area contributed by atoms with Gasteiger partial charge in [-0.05, 0) is 42.7 Å². The second kappa shape index (κ2) is 8.68. The topological polar surface area (TPSA) is 55.4 Å². The molecule has 0 radical (unpaired) electrons. The molecule has 0 amide bonds. The average molecular weight is 414 g/mol. The van der Waals surface area contributed by atoms with Crippen molar-refractivity contribution in [3.63, 3.8) is 0 Å². The van der Waals surface area contributed by atoms with Gasteiger partial charge in [0.15, 0.2) is 0 Å². The van der Waals surface area contributed by atoms with Crippen LogP contribution in [0.5, 0.6) is 0 Å². The largest absolute Gasteiger partial charge is 0.381 e. The van der Waals surface area contributed by atoms with Crippen LogP contribution in [0.4, 0.5) is 8.78 Å². The second-order valence-corrected chi connectivity index (χ2v) is 9.92. The standard InChI is InChI=1S/C19H21F2NO3S2/c20-16-10-15(11-17(21)12-16)13-27(23,24)22-14-19(6-8-25-9-7-19)26-18-4-2-1-3-5-18/h1-5,10-12,22H,6-9,13-14H2. The lowest BCUT2D eigenvalue weighted by Gasteiger charge is -2.36. The highest BCUT2D eigenvalue weighted by Gasteiger charge is 2.35. The van der Waals surface area contributed by atoms with E-state index < -0.39 is 27.4 Å². The Labute approximate surface area is 162 Å². The van der Waals surface area contributed by atoms with Gasteiger partial charge in [-0.25, -0.2) is 21.9 Å². The van der Waals surface area contributed by atoms with Gasteiger partial charge in [-0.3, -0.25) is 0 Å². The summed E-state index contributed by atoms with van der Waals surface area (Å²) in [7, 11) is -3.74. The normalized spacial score (nSPS) is 17.0. The van der Waals surface area contributed by atoms with Crippen molar-refractivity contribution in [2.75, 3.05) is 19.8 Å². The molecule has 8 heteroatoms. The smallest absolute Gasteiger partial charge is 0.215 e. The van der Waals surface area contributed by atoms with Gasteiger partial charge in [-0.2, -0.15) is 0 Å². The highest BCUT2D eigenvalue weighted by molar-refractivity contribution is 8.00. The molecule has 1 heterocycles. The van der Waals surface area contributed by atoms with Gasteiger partial charge in [-0.15, -0.1) is 11.8 Å². The summed E-state index contributed by atoms with van der Waals surface area (Å²) in [6, 6.07) is 12.6. The maximum Gasteiger partial charge on any atom is 0.215 e. The summed E-state index contributed by atoms with van der Waals surface area (Å²) in [5, 5.41) is 0. The summed E-state index contributed by atoms with van der Waals surface area (Å²) < 4.78 is 59.3. The zero-order chi connectivity index (χ0) is 19.3. The van der Waals surface area contributed by atoms with Gasteiger partial charge in [0, 0.05) is 35.5 Å². The van der Waals surface area contributed by atoms with E-state index in [4.69, 9.17) is 4.74 Å². The molecule has 0 unspecified atom stereocenters. The average Bonchev–Trinajstić information content (AvgIpc) is 2.61. The van der Waals surface area contributed by atoms with Gasteiger partial charge in [0.05, 0.1) is 5.75 Å². The van der Waals surface area contributed by atoms with Crippen molar-refractivity contribution in [3.8, 4) is 0 Å². The van der Waals surface area contributed by atoms with E-state index in [1.807, 2.05) is 30.3 Å². The summed E-state index contributed by atoms with van der Waals surface area (Å²) in [4.78, 5) is 1.06. The van der Waals surface area contributed by atoms with E-state index in [2.05, 4.69) is 4.72 Å². The number of rotatable bonds is 7. The molecule has 4 nitrogen and oxygen atoms in total. The minimum atomic E-state index is -3.74. The molecule has 0 atom stereocenters. The number of benzene rings is 2. The molecule has 0 spiro atoms. The van der Waals surface area contributed by atoms with Crippen molar-refractivity contribution < 1.29 is 21.9 Å². The van der Waals surface area contributed by atoms with Crippen LogP contribution >= 0.6 is 11.8 Å². The maximum absolute atomic E-state index is 13.3. The molecule has 1 N–H and O–H groups in total. The fraction of sp³-hybridized carbons (Fsp3) is 0.368. The first-order chi connectivity index (χ1) is 12.9. The van der Waals surface area contributed by atoms with Crippen molar-refractivity contribution in [2.45, 2.75) is 28.2 Å². The SMILES string of the molecule is O=S(=O)(Cc1cc(F)cc(F)c1)NCC1(Sc2ccccc2)CCOCC1. The maximum atomic E-state index is 13.3. The van der Waals surface area contributed by atoms with E-state index in [1.165, 1.54) is 0 Å². The molecule has 146 valence electrons. The molecule has 1 fully saturated rings. The minimum absolute atomic E-state index is 0.0803. The van der Waals surface area contributed by atoms with Gasteiger partial charge in [0.2, 0.25) is 10.0 Å². The number of ether oxygens (including phenoxy) is 1. The van der Waals surface area contributed by atoms with Gasteiger partial charge in [-0.1, -0.05) is 18.2 Å². The summed E-state index contributed by atoms with van der Waals surface area (Å²) in [5.74, 6) is -2.05. The molecule has 1 saturated heterocycles. The molecular weight excluding hydrogens is 392 g/mol. The highest BCUT2D eigenvalue weighted by atomic mass is 32.2. The number of hydrogen-bond donors (Lipinski definition) is 1. The first kappa shape index (κ1) is 20.3. The Kier molecular flexibility index (Phi) is 6.52. The van der Waals surface area contributed by atoms with Crippen LogP contribution in [0, 0.1) is 11.6 Å². The Morgan fingerprint density at radius 1 is 1.04 bits per heavy atom.